The van der Waals surface area contributed by atoms with Gasteiger partial charge in [-0.3, -0.25) is 0 Å². The van der Waals surface area contributed by atoms with Crippen LogP contribution < -0.4 is 0 Å². The molecular weight excluding hydrogens is 422 g/mol. The minimum absolute atomic E-state index is 0.229. The van der Waals surface area contributed by atoms with Gasteiger partial charge in [0.1, 0.15) is 0 Å². The first kappa shape index (κ1) is 14.7. The minimum Gasteiger partial charge on any atom is -0.0560 e. The molecule has 1 aromatic carbocycles. The van der Waals surface area contributed by atoms with E-state index in [1.54, 1.807) is 0 Å². The van der Waals surface area contributed by atoms with E-state index in [0.717, 1.165) is 0 Å². The maximum Gasteiger partial charge on any atom is 0.0171 e. The highest BCUT2D eigenvalue weighted by Gasteiger charge is 2.23. The smallest absolute Gasteiger partial charge is 0.0171 e. The standard InChI is InChI=1S/C14H20I2/c1-13(2,3)9-7-12(16)10(8-11(9)15)14(4,5)6/h7-8H,1-6H3. The van der Waals surface area contributed by atoms with E-state index in [4.69, 9.17) is 0 Å². The Hall–Kier alpha value is 0.680. The monoisotopic (exact) mass is 442 g/mol. The van der Waals surface area contributed by atoms with Gasteiger partial charge in [0.25, 0.3) is 0 Å². The van der Waals surface area contributed by atoms with Gasteiger partial charge in [0.2, 0.25) is 0 Å². The fourth-order valence-corrected chi connectivity index (χ4v) is 4.25. The molecule has 0 bridgehead atoms. The summed E-state index contributed by atoms with van der Waals surface area (Å²) in [6.07, 6.45) is 0. The van der Waals surface area contributed by atoms with Crippen LogP contribution in [0.25, 0.3) is 0 Å². The molecule has 0 aliphatic heterocycles. The largest absolute Gasteiger partial charge is 0.0560 e. The first-order valence-electron chi connectivity index (χ1n) is 5.53. The molecule has 1 rings (SSSR count). The number of hydrogen-bond acceptors (Lipinski definition) is 0. The van der Waals surface area contributed by atoms with Crippen LogP contribution in [0.1, 0.15) is 52.7 Å². The van der Waals surface area contributed by atoms with E-state index in [-0.39, 0.29) is 10.8 Å². The van der Waals surface area contributed by atoms with Gasteiger partial charge in [-0.05, 0) is 79.3 Å². The molecule has 0 atom stereocenters. The van der Waals surface area contributed by atoms with Crippen LogP contribution in [0.4, 0.5) is 0 Å². The Bertz CT molecular complexity index is 353. The summed E-state index contributed by atoms with van der Waals surface area (Å²) in [6, 6.07) is 4.70. The Labute approximate surface area is 127 Å². The van der Waals surface area contributed by atoms with Crippen LogP contribution in [-0.2, 0) is 10.8 Å². The molecule has 0 saturated carbocycles. The van der Waals surface area contributed by atoms with Crippen molar-refractivity contribution in [2.24, 2.45) is 0 Å². The van der Waals surface area contributed by atoms with E-state index in [2.05, 4.69) is 98.9 Å². The van der Waals surface area contributed by atoms with Crippen molar-refractivity contribution in [2.45, 2.75) is 52.4 Å². The molecule has 0 radical (unpaired) electrons. The maximum absolute atomic E-state index is 2.46. The van der Waals surface area contributed by atoms with Crippen molar-refractivity contribution in [3.8, 4) is 0 Å². The Morgan fingerprint density at radius 3 is 1.12 bits per heavy atom. The van der Waals surface area contributed by atoms with Crippen molar-refractivity contribution in [3.05, 3.63) is 30.4 Å². The molecule has 1 aromatic rings. The lowest BCUT2D eigenvalue weighted by atomic mass is 9.82. The molecule has 0 aromatic heterocycles. The summed E-state index contributed by atoms with van der Waals surface area (Å²) in [6.45, 7) is 13.7. The molecule has 0 heterocycles. The average molecular weight is 442 g/mol. The van der Waals surface area contributed by atoms with Crippen molar-refractivity contribution in [1.29, 1.82) is 0 Å². The second-order valence-electron chi connectivity index (χ2n) is 6.31. The summed E-state index contributed by atoms with van der Waals surface area (Å²) in [5.41, 5.74) is 3.36. The Morgan fingerprint density at radius 2 is 0.938 bits per heavy atom. The summed E-state index contributed by atoms with van der Waals surface area (Å²) >= 11 is 4.93. The van der Waals surface area contributed by atoms with Crippen LogP contribution in [0.3, 0.4) is 0 Å². The first-order chi connectivity index (χ1) is 7.03. The number of halogens is 2. The Kier molecular flexibility index (Phi) is 4.37. The van der Waals surface area contributed by atoms with Gasteiger partial charge in [0.05, 0.1) is 0 Å². The summed E-state index contributed by atoms with van der Waals surface area (Å²) in [4.78, 5) is 0. The highest BCUT2D eigenvalue weighted by atomic mass is 127. The molecule has 0 amide bonds. The lowest BCUT2D eigenvalue weighted by Crippen LogP contribution is -2.18. The highest BCUT2D eigenvalue weighted by Crippen LogP contribution is 2.34. The van der Waals surface area contributed by atoms with Gasteiger partial charge in [-0.1, -0.05) is 41.5 Å². The zero-order valence-corrected chi connectivity index (χ0v) is 15.2. The quantitative estimate of drug-likeness (QED) is 0.467. The second kappa shape index (κ2) is 4.75. The van der Waals surface area contributed by atoms with Gasteiger partial charge in [-0.2, -0.15) is 0 Å². The zero-order chi connectivity index (χ0) is 12.7. The summed E-state index contributed by atoms with van der Waals surface area (Å²) in [5, 5.41) is 0. The second-order valence-corrected chi connectivity index (χ2v) is 8.64. The highest BCUT2D eigenvalue weighted by molar-refractivity contribution is 14.1. The van der Waals surface area contributed by atoms with Crippen LogP contribution in [0.15, 0.2) is 12.1 Å². The van der Waals surface area contributed by atoms with Gasteiger partial charge in [0, 0.05) is 7.14 Å². The minimum atomic E-state index is 0.229. The van der Waals surface area contributed by atoms with E-state index in [1.165, 1.54) is 18.3 Å². The molecule has 0 N–H and O–H groups in total. The topological polar surface area (TPSA) is 0 Å². The molecule has 0 unspecified atom stereocenters. The van der Waals surface area contributed by atoms with Crippen LogP contribution in [-0.4, -0.2) is 0 Å². The predicted octanol–water partition coefficient (Wildman–Crippen LogP) is 5.49. The SMILES string of the molecule is CC(C)(C)c1cc(I)c(C(C)(C)C)cc1I. The van der Waals surface area contributed by atoms with Gasteiger partial charge in [-0.15, -0.1) is 0 Å². The lowest BCUT2D eigenvalue weighted by molar-refractivity contribution is 0.571. The van der Waals surface area contributed by atoms with Crippen molar-refractivity contribution >= 4 is 45.2 Å². The molecule has 0 aliphatic carbocycles. The number of rotatable bonds is 0. The molecule has 0 fully saturated rings. The molecule has 16 heavy (non-hydrogen) atoms. The normalized spacial score (nSPS) is 13.0. The van der Waals surface area contributed by atoms with E-state index in [0.29, 0.717) is 0 Å². The molecule has 0 nitrogen and oxygen atoms in total. The van der Waals surface area contributed by atoms with E-state index >= 15 is 0 Å². The summed E-state index contributed by atoms with van der Waals surface area (Å²) in [5.74, 6) is 0. The number of hydrogen-bond donors (Lipinski definition) is 0. The van der Waals surface area contributed by atoms with Crippen LogP contribution >= 0.6 is 45.2 Å². The third kappa shape index (κ3) is 3.34. The van der Waals surface area contributed by atoms with Crippen LogP contribution in [0.2, 0.25) is 0 Å². The van der Waals surface area contributed by atoms with Crippen molar-refractivity contribution in [1.82, 2.24) is 0 Å². The fourth-order valence-electron chi connectivity index (χ4n) is 1.70. The van der Waals surface area contributed by atoms with E-state index < -0.39 is 0 Å². The fraction of sp³-hybridized carbons (Fsp3) is 0.571. The van der Waals surface area contributed by atoms with E-state index in [1.807, 2.05) is 0 Å². The first-order valence-corrected chi connectivity index (χ1v) is 7.69. The van der Waals surface area contributed by atoms with Gasteiger partial charge in [-0.25, -0.2) is 0 Å². The third-order valence-corrected chi connectivity index (χ3v) is 4.46. The van der Waals surface area contributed by atoms with Crippen molar-refractivity contribution < 1.29 is 0 Å². The lowest BCUT2D eigenvalue weighted by Gasteiger charge is -2.26. The molecule has 0 spiro atoms. The molecular formula is C14H20I2. The Balaban J connectivity index is 3.40. The molecule has 90 valence electrons. The molecule has 0 aliphatic rings. The third-order valence-electron chi connectivity index (χ3n) is 2.67. The van der Waals surface area contributed by atoms with Gasteiger partial charge < -0.3 is 0 Å². The molecule has 2 heteroatoms. The average Bonchev–Trinajstić information content (AvgIpc) is 2.04. The summed E-state index contributed by atoms with van der Waals surface area (Å²) in [7, 11) is 0. The number of benzene rings is 1. The summed E-state index contributed by atoms with van der Waals surface area (Å²) < 4.78 is 2.77. The van der Waals surface area contributed by atoms with Crippen LogP contribution in [0, 0.1) is 7.14 Å². The Morgan fingerprint density at radius 1 is 0.688 bits per heavy atom. The van der Waals surface area contributed by atoms with Crippen LogP contribution in [0.5, 0.6) is 0 Å². The predicted molar refractivity (Wildman–Crippen MR) is 89.3 cm³/mol. The van der Waals surface area contributed by atoms with Crippen molar-refractivity contribution in [2.75, 3.05) is 0 Å². The van der Waals surface area contributed by atoms with Gasteiger partial charge >= 0.3 is 0 Å². The zero-order valence-electron chi connectivity index (χ0n) is 10.9. The molecule has 0 saturated heterocycles. The van der Waals surface area contributed by atoms with Crippen molar-refractivity contribution in [3.63, 3.8) is 0 Å². The van der Waals surface area contributed by atoms with Gasteiger partial charge in [0.15, 0.2) is 0 Å². The maximum atomic E-state index is 2.46. The van der Waals surface area contributed by atoms with E-state index in [9.17, 15) is 0 Å².